The molecule has 0 fully saturated rings. The number of H-pyrrole nitrogens is 1. The molecule has 3 aromatic carbocycles. The van der Waals surface area contributed by atoms with E-state index in [2.05, 4.69) is 21.7 Å². The second-order valence-corrected chi connectivity index (χ2v) is 11.7. The van der Waals surface area contributed by atoms with Gasteiger partial charge in [-0.25, -0.2) is 8.42 Å². The molecule has 0 aliphatic rings. The number of hydrogen-bond acceptors (Lipinski definition) is 6. The monoisotopic (exact) mass is 542 g/mol. The molecule has 0 saturated carbocycles. The molecule has 0 aliphatic carbocycles. The molecule has 0 saturated heterocycles. The SMILES string of the molecule is CS(=O)(=O)CCCNC(=O)c1ccc2c(C(=O)[C@@H](NCCc3ccc(C#N)cc3)c3ccccc3)c[nH]c2c1. The highest BCUT2D eigenvalue weighted by molar-refractivity contribution is 7.90. The molecule has 4 aromatic rings. The first-order chi connectivity index (χ1) is 18.7. The zero-order valence-electron chi connectivity index (χ0n) is 21.6. The van der Waals surface area contributed by atoms with Crippen molar-refractivity contribution in [2.75, 3.05) is 25.1 Å². The van der Waals surface area contributed by atoms with Gasteiger partial charge in [0.1, 0.15) is 9.84 Å². The zero-order valence-corrected chi connectivity index (χ0v) is 22.4. The average Bonchev–Trinajstić information content (AvgIpc) is 3.37. The van der Waals surface area contributed by atoms with E-state index >= 15 is 0 Å². The van der Waals surface area contributed by atoms with Crippen molar-refractivity contribution in [3.63, 3.8) is 0 Å². The topological polar surface area (TPSA) is 132 Å². The summed E-state index contributed by atoms with van der Waals surface area (Å²) < 4.78 is 22.5. The van der Waals surface area contributed by atoms with E-state index in [0.717, 1.165) is 11.1 Å². The van der Waals surface area contributed by atoms with Crippen LogP contribution in [0.25, 0.3) is 10.9 Å². The number of ketones is 1. The number of benzene rings is 3. The molecule has 0 aliphatic heterocycles. The Morgan fingerprint density at radius 3 is 2.44 bits per heavy atom. The average molecular weight is 543 g/mol. The van der Waals surface area contributed by atoms with Gasteiger partial charge in [-0.05, 0) is 48.2 Å². The molecule has 1 aromatic heterocycles. The van der Waals surface area contributed by atoms with Crippen molar-refractivity contribution < 1.29 is 18.0 Å². The number of nitrogens with zero attached hydrogens (tertiary/aromatic N) is 1. The Morgan fingerprint density at radius 2 is 1.74 bits per heavy atom. The van der Waals surface area contributed by atoms with Gasteiger partial charge in [0.25, 0.3) is 5.91 Å². The fourth-order valence-electron chi connectivity index (χ4n) is 4.38. The van der Waals surface area contributed by atoms with Crippen LogP contribution >= 0.6 is 0 Å². The Balaban J connectivity index is 1.48. The normalized spacial score (nSPS) is 12.1. The fraction of sp³-hybridized carbons (Fsp3) is 0.233. The Bertz CT molecular complexity index is 1600. The van der Waals surface area contributed by atoms with Crippen molar-refractivity contribution in [3.8, 4) is 6.07 Å². The summed E-state index contributed by atoms with van der Waals surface area (Å²) >= 11 is 0. The predicted molar refractivity (Wildman–Crippen MR) is 151 cm³/mol. The molecule has 3 N–H and O–H groups in total. The maximum absolute atomic E-state index is 13.8. The smallest absolute Gasteiger partial charge is 0.251 e. The van der Waals surface area contributed by atoms with Crippen LogP contribution in [-0.4, -0.2) is 50.2 Å². The molecule has 0 unspecified atom stereocenters. The molecule has 1 heterocycles. The van der Waals surface area contributed by atoms with E-state index in [4.69, 9.17) is 5.26 Å². The maximum Gasteiger partial charge on any atom is 0.251 e. The number of fused-ring (bicyclic) bond motifs is 1. The van der Waals surface area contributed by atoms with Gasteiger partial charge < -0.3 is 15.6 Å². The molecule has 9 heteroatoms. The largest absolute Gasteiger partial charge is 0.360 e. The van der Waals surface area contributed by atoms with E-state index in [9.17, 15) is 18.0 Å². The van der Waals surface area contributed by atoms with Gasteiger partial charge >= 0.3 is 0 Å². The minimum atomic E-state index is -3.08. The third-order valence-electron chi connectivity index (χ3n) is 6.43. The Kier molecular flexibility index (Phi) is 8.92. The number of amides is 1. The molecule has 1 amide bonds. The van der Waals surface area contributed by atoms with E-state index < -0.39 is 15.9 Å². The van der Waals surface area contributed by atoms with Crippen LogP contribution in [0, 0.1) is 11.3 Å². The molecule has 0 radical (unpaired) electrons. The summed E-state index contributed by atoms with van der Waals surface area (Å²) in [6.45, 7) is 0.814. The highest BCUT2D eigenvalue weighted by Gasteiger charge is 2.24. The van der Waals surface area contributed by atoms with Crippen molar-refractivity contribution in [2.45, 2.75) is 18.9 Å². The summed E-state index contributed by atoms with van der Waals surface area (Å²) in [6.07, 6.45) is 3.87. The summed E-state index contributed by atoms with van der Waals surface area (Å²) in [6, 6.07) is 23.6. The lowest BCUT2D eigenvalue weighted by atomic mass is 9.96. The number of aromatic nitrogens is 1. The standard InChI is InChI=1S/C30H30N4O4S/c1-39(37,38)17-5-15-33-30(36)24-12-13-25-26(20-34-27(25)18-24)29(35)28(23-6-3-2-4-7-23)32-16-14-21-8-10-22(19-31)11-9-21/h2-4,6-13,18,20,28,32,34H,5,14-17H2,1H3,(H,33,36)/t28-/m0/s1. The molecule has 0 spiro atoms. The van der Waals surface area contributed by atoms with Crippen molar-refractivity contribution in [3.05, 3.63) is 107 Å². The molecule has 39 heavy (non-hydrogen) atoms. The van der Waals surface area contributed by atoms with E-state index in [1.54, 1.807) is 36.5 Å². The second-order valence-electron chi connectivity index (χ2n) is 9.42. The van der Waals surface area contributed by atoms with E-state index in [1.165, 1.54) is 6.26 Å². The molecule has 4 rings (SSSR count). The minimum absolute atomic E-state index is 0.0124. The van der Waals surface area contributed by atoms with Crippen LogP contribution in [0.1, 0.15) is 49.9 Å². The molecular formula is C30H30N4O4S. The first kappa shape index (κ1) is 27.8. The van der Waals surface area contributed by atoms with Gasteiger partial charge in [-0.15, -0.1) is 0 Å². The molecule has 1 atom stereocenters. The van der Waals surface area contributed by atoms with E-state index in [1.807, 2.05) is 42.5 Å². The lowest BCUT2D eigenvalue weighted by molar-refractivity contribution is 0.0940. The second kappa shape index (κ2) is 12.5. The lowest BCUT2D eigenvalue weighted by Gasteiger charge is -2.18. The third-order valence-corrected chi connectivity index (χ3v) is 7.46. The van der Waals surface area contributed by atoms with Gasteiger partial charge in [-0.1, -0.05) is 48.5 Å². The number of aromatic amines is 1. The van der Waals surface area contributed by atoms with E-state index in [-0.39, 0.29) is 24.0 Å². The van der Waals surface area contributed by atoms with Gasteiger partial charge in [-0.2, -0.15) is 5.26 Å². The van der Waals surface area contributed by atoms with Crippen molar-refractivity contribution in [1.29, 1.82) is 5.26 Å². The highest BCUT2D eigenvalue weighted by atomic mass is 32.2. The number of Topliss-reactive ketones (excluding diaryl/α,β-unsaturated/α-hetero) is 1. The zero-order chi connectivity index (χ0) is 27.8. The maximum atomic E-state index is 13.8. The van der Waals surface area contributed by atoms with Gasteiger partial charge in [0.15, 0.2) is 5.78 Å². The number of carbonyl (C=O) groups excluding carboxylic acids is 2. The summed E-state index contributed by atoms with van der Waals surface area (Å²) in [5.74, 6) is -0.386. The van der Waals surface area contributed by atoms with Crippen LogP contribution < -0.4 is 10.6 Å². The number of carbonyl (C=O) groups is 2. The number of sulfone groups is 1. The molecule has 8 nitrogen and oxygen atoms in total. The quantitative estimate of drug-likeness (QED) is 0.183. The van der Waals surface area contributed by atoms with E-state index in [0.29, 0.717) is 47.0 Å². The number of nitriles is 1. The summed E-state index contributed by atoms with van der Waals surface area (Å²) in [5.41, 5.74) is 4.12. The third kappa shape index (κ3) is 7.41. The summed E-state index contributed by atoms with van der Waals surface area (Å²) in [4.78, 5) is 29.4. The van der Waals surface area contributed by atoms with Gasteiger partial charge in [0.2, 0.25) is 0 Å². The van der Waals surface area contributed by atoms with Crippen LogP contribution in [0.3, 0.4) is 0 Å². The van der Waals surface area contributed by atoms with Crippen LogP contribution in [0.5, 0.6) is 0 Å². The van der Waals surface area contributed by atoms with Crippen molar-refractivity contribution in [2.24, 2.45) is 0 Å². The van der Waals surface area contributed by atoms with Crippen molar-refractivity contribution >= 4 is 32.4 Å². The fourth-order valence-corrected chi connectivity index (χ4v) is 5.05. The Labute approximate surface area is 228 Å². The highest BCUT2D eigenvalue weighted by Crippen LogP contribution is 2.26. The van der Waals surface area contributed by atoms with Gasteiger partial charge in [-0.3, -0.25) is 9.59 Å². The first-order valence-electron chi connectivity index (χ1n) is 12.6. The number of hydrogen-bond donors (Lipinski definition) is 3. The van der Waals surface area contributed by atoms with Gasteiger partial charge in [0.05, 0.1) is 23.4 Å². The Hall–Kier alpha value is -4.26. The van der Waals surface area contributed by atoms with Crippen LogP contribution in [0.4, 0.5) is 0 Å². The lowest BCUT2D eigenvalue weighted by Crippen LogP contribution is -2.30. The van der Waals surface area contributed by atoms with Crippen LogP contribution in [0.15, 0.2) is 79.0 Å². The molecular weight excluding hydrogens is 512 g/mol. The van der Waals surface area contributed by atoms with Gasteiger partial charge in [0, 0.05) is 47.6 Å². The molecule has 0 bridgehead atoms. The van der Waals surface area contributed by atoms with Crippen LogP contribution in [-0.2, 0) is 16.3 Å². The predicted octanol–water partition coefficient (Wildman–Crippen LogP) is 3.96. The number of nitrogens with one attached hydrogen (secondary N) is 3. The minimum Gasteiger partial charge on any atom is -0.360 e. The first-order valence-corrected chi connectivity index (χ1v) is 14.7. The Morgan fingerprint density at radius 1 is 1.00 bits per heavy atom. The summed E-state index contributed by atoms with van der Waals surface area (Å²) in [5, 5.41) is 15.8. The molecule has 200 valence electrons. The van der Waals surface area contributed by atoms with Crippen LogP contribution in [0.2, 0.25) is 0 Å². The summed E-state index contributed by atoms with van der Waals surface area (Å²) in [7, 11) is -3.08. The number of rotatable bonds is 12. The van der Waals surface area contributed by atoms with Crippen molar-refractivity contribution in [1.82, 2.24) is 15.6 Å².